The van der Waals surface area contributed by atoms with Gasteiger partial charge in [-0.2, -0.15) is 20.4 Å². The maximum Gasteiger partial charge on any atom is 0.327 e. The number of para-hydroxylation sites is 2. The summed E-state index contributed by atoms with van der Waals surface area (Å²) in [6.07, 6.45) is 6.04. The Labute approximate surface area is 409 Å². The van der Waals surface area contributed by atoms with E-state index in [9.17, 15) is 19.2 Å². The number of amides is 3. The summed E-state index contributed by atoms with van der Waals surface area (Å²) >= 11 is 0. The second kappa shape index (κ2) is 18.9. The van der Waals surface area contributed by atoms with Crippen LogP contribution in [0.4, 0.5) is 0 Å². The van der Waals surface area contributed by atoms with Crippen molar-refractivity contribution in [3.05, 3.63) is 146 Å². The molecular formula is C52H54N12O7. The topological polar surface area (TPSA) is 254 Å². The summed E-state index contributed by atoms with van der Waals surface area (Å²) in [6, 6.07) is 34.0. The van der Waals surface area contributed by atoms with Gasteiger partial charge in [-0.3, -0.25) is 24.4 Å². The van der Waals surface area contributed by atoms with E-state index in [-0.39, 0.29) is 41.1 Å². The molecule has 6 aliphatic heterocycles. The molecular weight excluding hydrogens is 905 g/mol. The number of hydrazone groups is 4. The smallest absolute Gasteiger partial charge is 0.327 e. The van der Waals surface area contributed by atoms with Gasteiger partial charge in [-0.25, -0.2) is 15.6 Å². The minimum Gasteiger partial charge on any atom is -0.478 e. The molecule has 2 saturated heterocycles. The fourth-order valence-corrected chi connectivity index (χ4v) is 10.8. The lowest BCUT2D eigenvalue weighted by atomic mass is 9.60. The van der Waals surface area contributed by atoms with Crippen LogP contribution in [0.15, 0.2) is 155 Å². The molecule has 4 fully saturated rings. The second-order valence-electron chi connectivity index (χ2n) is 19.1. The number of aliphatic carboxylic acids is 1. The Kier molecular flexibility index (Phi) is 12.3. The molecule has 71 heavy (non-hydrogen) atoms. The Hall–Kier alpha value is -8.32. The van der Waals surface area contributed by atoms with Crippen LogP contribution in [0.1, 0.15) is 36.8 Å². The van der Waals surface area contributed by atoms with Crippen LogP contribution in [0, 0.1) is 22.7 Å². The molecule has 12 rings (SSSR count). The van der Waals surface area contributed by atoms with E-state index >= 15 is 0 Å². The van der Waals surface area contributed by atoms with Crippen LogP contribution in [0.5, 0.6) is 23.0 Å². The standard InChI is InChI=1S/C26H26N6O3.C23H24N6O2.C3H4O2/c1-2-20(33)31-14-26(15-31)12-17(13-26)32-23-21(24(27)28-29-25(23)34)22(30-32)16-8-10-19(11-9-16)35-18-6-4-3-5-7-18;24-21-18-19(14-6-8-17(9-7-14)31-16-4-2-1-3-5-16)28-29(20(18)22(30)27-26-21)15-10-23(11-15)12-25-13-23;1-2-3(4)5/h2-11,17,21,23H,1,12-15H2,(H2,27,28)(H,29,34);1-9,15,18,20,25H,10-13H2,(H2,24,26)(H,27,30);2H,1H2,(H,4,5). The Bertz CT molecular complexity index is 2850. The second-order valence-corrected chi connectivity index (χ2v) is 19.1. The number of fused-ring (bicyclic) bond motifs is 2. The van der Waals surface area contributed by atoms with E-state index in [0.717, 1.165) is 97.7 Å². The number of nitrogens with zero attached hydrogens (tertiary/aromatic N) is 7. The lowest BCUT2D eigenvalue weighted by Crippen LogP contribution is -2.68. The third-order valence-electron chi connectivity index (χ3n) is 14.4. The number of nitrogens with two attached hydrogens (primary N) is 2. The van der Waals surface area contributed by atoms with Crippen molar-refractivity contribution in [2.75, 3.05) is 26.2 Å². The van der Waals surface area contributed by atoms with Gasteiger partial charge < -0.3 is 36.3 Å². The number of amidine groups is 2. The number of ether oxygens (including phenoxy) is 2. The van der Waals surface area contributed by atoms with Crippen molar-refractivity contribution in [3.63, 3.8) is 0 Å². The zero-order chi connectivity index (χ0) is 49.4. The Balaban J connectivity index is 0.000000151. The number of likely N-dealkylation sites (tertiary alicyclic amines) is 1. The van der Waals surface area contributed by atoms with Crippen molar-refractivity contribution in [1.82, 2.24) is 31.1 Å². The van der Waals surface area contributed by atoms with Crippen molar-refractivity contribution < 1.29 is 33.8 Å². The van der Waals surface area contributed by atoms with Crippen LogP contribution in [0.25, 0.3) is 0 Å². The van der Waals surface area contributed by atoms with E-state index in [0.29, 0.717) is 22.8 Å². The van der Waals surface area contributed by atoms with E-state index in [1.807, 2.05) is 124 Å². The molecule has 8 N–H and O–H groups in total. The van der Waals surface area contributed by atoms with Gasteiger partial charge in [0.05, 0.1) is 23.3 Å². The molecule has 4 aromatic rings. The molecule has 19 nitrogen and oxygen atoms in total. The Morgan fingerprint density at radius 3 is 1.38 bits per heavy atom. The van der Waals surface area contributed by atoms with Gasteiger partial charge in [0.15, 0.2) is 0 Å². The third kappa shape index (κ3) is 9.06. The molecule has 0 aromatic heterocycles. The van der Waals surface area contributed by atoms with E-state index in [1.165, 1.54) is 6.08 Å². The average Bonchev–Trinajstić information content (AvgIpc) is 3.93. The largest absolute Gasteiger partial charge is 0.478 e. The number of hydrogen-bond donors (Lipinski definition) is 6. The quantitative estimate of drug-likeness (QED) is 0.124. The molecule has 4 aromatic carbocycles. The lowest BCUT2D eigenvalue weighted by Gasteiger charge is -2.60. The van der Waals surface area contributed by atoms with Crippen LogP contribution in [-0.4, -0.2) is 117 Å². The van der Waals surface area contributed by atoms with Gasteiger partial charge >= 0.3 is 5.97 Å². The van der Waals surface area contributed by atoms with Gasteiger partial charge in [0.1, 0.15) is 46.8 Å². The number of benzene rings is 4. The average molecular weight is 959 g/mol. The zero-order valence-corrected chi connectivity index (χ0v) is 38.8. The first-order valence-corrected chi connectivity index (χ1v) is 23.5. The number of carbonyl (C=O) groups excluding carboxylic acids is 3. The fraction of sp³-hybridized carbons (Fsp3) is 0.308. The van der Waals surface area contributed by atoms with Crippen LogP contribution in [0.2, 0.25) is 0 Å². The highest BCUT2D eigenvalue weighted by Gasteiger charge is 2.59. The molecule has 8 aliphatic rings. The molecule has 2 saturated carbocycles. The van der Waals surface area contributed by atoms with Gasteiger partial charge in [0.25, 0.3) is 11.8 Å². The van der Waals surface area contributed by atoms with Crippen molar-refractivity contribution in [2.24, 2.45) is 54.5 Å². The van der Waals surface area contributed by atoms with Gasteiger partial charge in [-0.15, -0.1) is 0 Å². The first kappa shape index (κ1) is 46.4. The summed E-state index contributed by atoms with van der Waals surface area (Å²) in [4.78, 5) is 48.5. The van der Waals surface area contributed by atoms with E-state index in [2.05, 4.69) is 39.5 Å². The third-order valence-corrected chi connectivity index (χ3v) is 14.4. The molecule has 4 unspecified atom stereocenters. The highest BCUT2D eigenvalue weighted by molar-refractivity contribution is 6.20. The molecule has 4 atom stereocenters. The number of carboxylic acid groups (broad SMARTS) is 1. The molecule has 2 spiro atoms. The van der Waals surface area contributed by atoms with E-state index in [4.69, 9.17) is 36.3 Å². The van der Waals surface area contributed by atoms with Gasteiger partial charge in [-0.1, -0.05) is 49.6 Å². The van der Waals surface area contributed by atoms with E-state index in [1.54, 1.807) is 0 Å². The Morgan fingerprint density at radius 1 is 0.620 bits per heavy atom. The number of hydrogen-bond acceptors (Lipinski definition) is 15. The molecule has 2 aliphatic carbocycles. The van der Waals surface area contributed by atoms with Crippen molar-refractivity contribution in [2.45, 2.75) is 49.9 Å². The normalized spacial score (nSPS) is 24.8. The van der Waals surface area contributed by atoms with Gasteiger partial charge in [0.2, 0.25) is 5.91 Å². The summed E-state index contributed by atoms with van der Waals surface area (Å²) in [5, 5.41) is 32.8. The van der Waals surface area contributed by atoms with Crippen molar-refractivity contribution in [3.8, 4) is 23.0 Å². The molecule has 3 amide bonds. The maximum absolute atomic E-state index is 12.9. The minimum atomic E-state index is -0.981. The zero-order valence-electron chi connectivity index (χ0n) is 38.8. The van der Waals surface area contributed by atoms with Gasteiger partial charge in [-0.05, 0) is 121 Å². The molecule has 0 radical (unpaired) electrons. The minimum absolute atomic E-state index is 0.0315. The Morgan fingerprint density at radius 2 is 1.01 bits per heavy atom. The number of carbonyl (C=O) groups is 4. The number of rotatable bonds is 10. The molecule has 0 bridgehead atoms. The van der Waals surface area contributed by atoms with Crippen LogP contribution < -0.4 is 37.1 Å². The highest BCUT2D eigenvalue weighted by Crippen LogP contribution is 2.52. The van der Waals surface area contributed by atoms with Crippen LogP contribution in [0.3, 0.4) is 0 Å². The number of nitrogens with one attached hydrogen (secondary N) is 3. The molecule has 6 heterocycles. The summed E-state index contributed by atoms with van der Waals surface area (Å²) < 4.78 is 11.8. The maximum atomic E-state index is 12.9. The first-order chi connectivity index (χ1) is 34.3. The summed E-state index contributed by atoms with van der Waals surface area (Å²) in [7, 11) is 0. The number of carboxylic acids is 1. The summed E-state index contributed by atoms with van der Waals surface area (Å²) in [5.41, 5.74) is 21.5. The first-order valence-electron chi connectivity index (χ1n) is 23.5. The predicted octanol–water partition coefficient (Wildman–Crippen LogP) is 3.96. The predicted molar refractivity (Wildman–Crippen MR) is 265 cm³/mol. The van der Waals surface area contributed by atoms with Crippen LogP contribution >= 0.6 is 0 Å². The van der Waals surface area contributed by atoms with Crippen molar-refractivity contribution >= 4 is 46.8 Å². The summed E-state index contributed by atoms with van der Waals surface area (Å²) in [5.74, 6) is 1.61. The monoisotopic (exact) mass is 958 g/mol. The highest BCUT2D eigenvalue weighted by atomic mass is 16.5. The van der Waals surface area contributed by atoms with Gasteiger partial charge in [0, 0.05) is 49.8 Å². The molecule has 364 valence electrons. The molecule has 19 heteroatoms. The SMILES string of the molecule is C=CC(=O)N1CC2(CC(N3N=C(c4ccc(Oc5ccccc5)cc4)C4C(N)=NNC(=O)C43)C2)C1.C=CC(=O)O.NC1=NNC(=O)C2C1C(c1ccc(Oc3ccccc3)cc1)=NN2C1CC2(CNC2)C1. The van der Waals surface area contributed by atoms with Crippen LogP contribution in [-0.2, 0) is 19.2 Å². The summed E-state index contributed by atoms with van der Waals surface area (Å²) in [6.45, 7) is 10.1. The lowest BCUT2D eigenvalue weighted by molar-refractivity contribution is -0.155. The van der Waals surface area contributed by atoms with E-state index < -0.39 is 24.0 Å². The fourth-order valence-electron chi connectivity index (χ4n) is 10.8. The van der Waals surface area contributed by atoms with Crippen molar-refractivity contribution in [1.29, 1.82) is 0 Å².